The van der Waals surface area contributed by atoms with E-state index in [9.17, 15) is 23.9 Å². The van der Waals surface area contributed by atoms with Crippen molar-refractivity contribution in [3.8, 4) is 16.3 Å². The number of halogens is 1. The Balaban J connectivity index is 0.000000651. The highest BCUT2D eigenvalue weighted by molar-refractivity contribution is 7.15. The molecule has 10 heteroatoms. The van der Waals surface area contributed by atoms with Gasteiger partial charge in [-0.05, 0) is 38.0 Å². The van der Waals surface area contributed by atoms with Crippen molar-refractivity contribution in [2.45, 2.75) is 59.5 Å². The lowest BCUT2D eigenvalue weighted by molar-refractivity contribution is -0.115. The predicted molar refractivity (Wildman–Crippen MR) is 149 cm³/mol. The fourth-order valence-electron chi connectivity index (χ4n) is 3.89. The van der Waals surface area contributed by atoms with Crippen LogP contribution in [0.4, 0.5) is 4.39 Å². The van der Waals surface area contributed by atoms with Gasteiger partial charge in [-0.15, -0.1) is 11.3 Å². The largest absolute Gasteiger partial charge is 0.503 e. The van der Waals surface area contributed by atoms with Crippen molar-refractivity contribution in [2.75, 3.05) is 20.6 Å². The van der Waals surface area contributed by atoms with Gasteiger partial charge in [-0.3, -0.25) is 14.4 Å². The van der Waals surface area contributed by atoms with Crippen molar-refractivity contribution >= 4 is 23.7 Å². The Morgan fingerprint density at radius 2 is 1.82 bits per heavy atom. The maximum absolute atomic E-state index is 13.1. The van der Waals surface area contributed by atoms with Crippen LogP contribution in [0, 0.1) is 5.82 Å². The van der Waals surface area contributed by atoms with E-state index in [1.54, 1.807) is 48.1 Å². The summed E-state index contributed by atoms with van der Waals surface area (Å²) in [5, 5.41) is 11.2. The molecule has 3 heterocycles. The van der Waals surface area contributed by atoms with E-state index in [1.165, 1.54) is 28.4 Å². The number of rotatable bonds is 6. The van der Waals surface area contributed by atoms with E-state index >= 15 is 0 Å². The van der Waals surface area contributed by atoms with Crippen LogP contribution in [0.1, 0.15) is 68.0 Å². The minimum atomic E-state index is -0.595. The van der Waals surface area contributed by atoms with Gasteiger partial charge >= 0.3 is 0 Å². The predicted octanol–water partition coefficient (Wildman–Crippen LogP) is 4.95. The number of hydrogen-bond acceptors (Lipinski definition) is 6. The lowest BCUT2D eigenvalue weighted by Crippen LogP contribution is -2.47. The summed E-state index contributed by atoms with van der Waals surface area (Å²) < 4.78 is 14.9. The van der Waals surface area contributed by atoms with Gasteiger partial charge in [0.2, 0.25) is 11.8 Å². The molecule has 4 rings (SSSR count). The number of nitrogens with zero attached hydrogens (tertiary/aromatic N) is 4. The first-order chi connectivity index (χ1) is 18.1. The average molecular weight is 545 g/mol. The van der Waals surface area contributed by atoms with Gasteiger partial charge in [-0.2, -0.15) is 0 Å². The van der Waals surface area contributed by atoms with Crippen LogP contribution in [-0.2, 0) is 11.2 Å². The van der Waals surface area contributed by atoms with Crippen LogP contribution in [-0.4, -0.2) is 63.5 Å². The van der Waals surface area contributed by atoms with Gasteiger partial charge in [0, 0.05) is 50.4 Å². The molecule has 3 aromatic rings. The third-order valence-electron chi connectivity index (χ3n) is 5.86. The zero-order valence-corrected chi connectivity index (χ0v) is 23.9. The van der Waals surface area contributed by atoms with E-state index < -0.39 is 11.2 Å². The van der Waals surface area contributed by atoms with Crippen molar-refractivity contribution in [3.63, 3.8) is 0 Å². The molecule has 0 spiro atoms. The van der Waals surface area contributed by atoms with Crippen molar-refractivity contribution < 1.29 is 19.1 Å². The van der Waals surface area contributed by atoms with E-state index in [-0.39, 0.29) is 35.1 Å². The Labute approximate surface area is 227 Å². The minimum absolute atomic E-state index is 0.0301. The second-order valence-corrected chi connectivity index (χ2v) is 10.2. The highest BCUT2D eigenvalue weighted by Gasteiger charge is 2.35. The van der Waals surface area contributed by atoms with Gasteiger partial charge in [0.05, 0.1) is 11.6 Å². The molecule has 1 unspecified atom stereocenters. The molecule has 1 aromatic carbocycles. The standard InChI is InChI=1S/C23H24FN3O3S.C3H7NO.C2H6/c1-4-16-11-26(13(2)3)23(30)19-21(29)20(28)18(12-27(16)19)22-25-10-17(31-22)9-14-5-7-15(24)8-6-14;1-4(2)3-5;1-2/h5-8,10,12-13,16,29H,4,9,11H2,1-3H3;3H,1-2H3;1-2H3. The van der Waals surface area contributed by atoms with Crippen molar-refractivity contribution in [1.82, 2.24) is 19.4 Å². The van der Waals surface area contributed by atoms with Crippen LogP contribution in [0.15, 0.2) is 41.5 Å². The number of benzene rings is 1. The Hall–Kier alpha value is -3.53. The summed E-state index contributed by atoms with van der Waals surface area (Å²) in [6.45, 7) is 10.4. The Bertz CT molecular complexity index is 1280. The van der Waals surface area contributed by atoms with Gasteiger partial charge in [-0.1, -0.05) is 32.9 Å². The monoisotopic (exact) mass is 544 g/mol. The van der Waals surface area contributed by atoms with E-state index in [1.807, 2.05) is 34.6 Å². The second-order valence-electron chi connectivity index (χ2n) is 9.09. The molecule has 0 radical (unpaired) electrons. The highest BCUT2D eigenvalue weighted by atomic mass is 32.1. The molecule has 0 saturated carbocycles. The van der Waals surface area contributed by atoms with Gasteiger partial charge in [-0.25, -0.2) is 9.37 Å². The van der Waals surface area contributed by atoms with Crippen LogP contribution < -0.4 is 5.43 Å². The minimum Gasteiger partial charge on any atom is -0.503 e. The number of pyridine rings is 1. The van der Waals surface area contributed by atoms with E-state index in [0.717, 1.165) is 23.3 Å². The third kappa shape index (κ3) is 7.06. The van der Waals surface area contributed by atoms with Gasteiger partial charge < -0.3 is 19.5 Å². The van der Waals surface area contributed by atoms with Gasteiger partial charge in [0.1, 0.15) is 10.8 Å². The summed E-state index contributed by atoms with van der Waals surface area (Å²) >= 11 is 1.35. The quantitative estimate of drug-likeness (QED) is 0.443. The lowest BCUT2D eigenvalue weighted by atomic mass is 10.0. The highest BCUT2D eigenvalue weighted by Crippen LogP contribution is 2.33. The number of aromatic nitrogens is 2. The Kier molecular flexibility index (Phi) is 11.2. The lowest BCUT2D eigenvalue weighted by Gasteiger charge is -2.38. The molecule has 2 amide bonds. The number of thiazole rings is 1. The Morgan fingerprint density at radius 3 is 2.34 bits per heavy atom. The molecular formula is C28H37FN4O4S. The van der Waals surface area contributed by atoms with Crippen molar-refractivity contribution in [3.05, 3.63) is 68.8 Å². The number of fused-ring (bicyclic) bond motifs is 1. The molecule has 38 heavy (non-hydrogen) atoms. The van der Waals surface area contributed by atoms with Crippen LogP contribution >= 0.6 is 11.3 Å². The number of aromatic hydroxyl groups is 1. The Morgan fingerprint density at radius 1 is 1.21 bits per heavy atom. The normalized spacial score (nSPS) is 14.2. The van der Waals surface area contributed by atoms with E-state index in [0.29, 0.717) is 18.0 Å². The average Bonchev–Trinajstić information content (AvgIpc) is 3.37. The molecular weight excluding hydrogens is 507 g/mol. The van der Waals surface area contributed by atoms with Crippen LogP contribution in [0.5, 0.6) is 5.75 Å². The van der Waals surface area contributed by atoms with Gasteiger partial charge in [0.25, 0.3) is 5.91 Å². The SMILES string of the molecule is CC.CCC1CN(C(C)C)C(=O)c2c(O)c(=O)c(-c3ncc(Cc4ccc(F)cc4)s3)cn21.CN(C)C=O. The molecule has 0 aliphatic carbocycles. The molecule has 1 N–H and O–H groups in total. The number of carbonyl (C=O) groups excluding carboxylic acids is 2. The zero-order valence-electron chi connectivity index (χ0n) is 23.1. The molecule has 206 valence electrons. The third-order valence-corrected chi connectivity index (χ3v) is 6.89. The number of amides is 2. The summed E-state index contributed by atoms with van der Waals surface area (Å²) in [6.07, 6.45) is 5.41. The molecule has 0 bridgehead atoms. The molecule has 0 saturated heterocycles. The second kappa shape index (κ2) is 13.9. The maximum atomic E-state index is 13.1. The van der Waals surface area contributed by atoms with Crippen LogP contribution in [0.25, 0.3) is 10.6 Å². The van der Waals surface area contributed by atoms with Gasteiger partial charge in [0.15, 0.2) is 11.4 Å². The fraction of sp³-hybridized carbons (Fsp3) is 0.429. The summed E-state index contributed by atoms with van der Waals surface area (Å²) in [6, 6.07) is 6.18. The maximum Gasteiger partial charge on any atom is 0.274 e. The molecule has 1 atom stereocenters. The number of hydrogen-bond donors (Lipinski definition) is 1. The zero-order chi connectivity index (χ0) is 28.6. The molecule has 0 fully saturated rings. The van der Waals surface area contributed by atoms with Crippen molar-refractivity contribution in [1.29, 1.82) is 0 Å². The fourth-order valence-corrected chi connectivity index (χ4v) is 4.85. The topological polar surface area (TPSA) is 95.7 Å². The smallest absolute Gasteiger partial charge is 0.274 e. The first-order valence-corrected chi connectivity index (χ1v) is 13.5. The summed E-state index contributed by atoms with van der Waals surface area (Å²) in [5.74, 6) is -1.15. The first kappa shape index (κ1) is 30.7. The first-order valence-electron chi connectivity index (χ1n) is 12.7. The summed E-state index contributed by atoms with van der Waals surface area (Å²) in [7, 11) is 3.38. The molecule has 1 aliphatic heterocycles. The van der Waals surface area contributed by atoms with Crippen LogP contribution in [0.3, 0.4) is 0 Å². The molecule has 8 nitrogen and oxygen atoms in total. The molecule has 2 aromatic heterocycles. The van der Waals surface area contributed by atoms with Crippen molar-refractivity contribution in [2.24, 2.45) is 0 Å². The summed E-state index contributed by atoms with van der Waals surface area (Å²) in [4.78, 5) is 43.8. The summed E-state index contributed by atoms with van der Waals surface area (Å²) in [5.41, 5.74) is 0.666. The van der Waals surface area contributed by atoms with E-state index in [2.05, 4.69) is 4.98 Å². The van der Waals surface area contributed by atoms with E-state index in [4.69, 9.17) is 0 Å². The molecule has 1 aliphatic rings. The number of carbonyl (C=O) groups is 2. The van der Waals surface area contributed by atoms with Crippen LogP contribution in [0.2, 0.25) is 0 Å².